The van der Waals surface area contributed by atoms with E-state index in [9.17, 15) is 4.79 Å². The van der Waals surface area contributed by atoms with Gasteiger partial charge in [-0.15, -0.1) is 23.5 Å². The standard InChI is InChI=1S/C27H37NO3S2/c1-7-8-14-27(4)18-28(21-12-10-9-11-13-21)22-16-23(30-5)20(15-24(22)32-19-27)17-33-26(2,3)25(29)31-6/h9-13,15-16H,7-8,14,17-19H2,1-6H3. The number of anilines is 2. The van der Waals surface area contributed by atoms with Crippen LogP contribution in [0.25, 0.3) is 0 Å². The lowest BCUT2D eigenvalue weighted by atomic mass is 9.86. The molecule has 6 heteroatoms. The van der Waals surface area contributed by atoms with Gasteiger partial charge in [-0.25, -0.2) is 0 Å². The number of hydrogen-bond acceptors (Lipinski definition) is 6. The van der Waals surface area contributed by atoms with Gasteiger partial charge in [-0.1, -0.05) is 44.9 Å². The van der Waals surface area contributed by atoms with Gasteiger partial charge in [0.1, 0.15) is 10.5 Å². The van der Waals surface area contributed by atoms with Gasteiger partial charge in [0.25, 0.3) is 0 Å². The first kappa shape index (κ1) is 25.8. The molecule has 0 N–H and O–H groups in total. The van der Waals surface area contributed by atoms with Gasteiger partial charge >= 0.3 is 5.97 Å². The zero-order valence-corrected chi connectivity index (χ0v) is 22.4. The summed E-state index contributed by atoms with van der Waals surface area (Å²) in [5, 5.41) is 0. The van der Waals surface area contributed by atoms with E-state index in [1.807, 2.05) is 25.6 Å². The minimum Gasteiger partial charge on any atom is -0.496 e. The Hall–Kier alpha value is -1.79. The summed E-state index contributed by atoms with van der Waals surface area (Å²) in [5.74, 6) is 2.41. The molecule has 0 fully saturated rings. The van der Waals surface area contributed by atoms with Crippen molar-refractivity contribution in [2.75, 3.05) is 31.4 Å². The molecular formula is C27H37NO3S2. The molecule has 4 nitrogen and oxygen atoms in total. The highest BCUT2D eigenvalue weighted by Gasteiger charge is 2.34. The zero-order valence-electron chi connectivity index (χ0n) is 20.8. The topological polar surface area (TPSA) is 38.8 Å². The Morgan fingerprint density at radius 1 is 1.21 bits per heavy atom. The molecule has 2 aromatic carbocycles. The number of hydrogen-bond donors (Lipinski definition) is 0. The number of benzene rings is 2. The van der Waals surface area contributed by atoms with Gasteiger partial charge in [0.15, 0.2) is 0 Å². The number of carbonyl (C=O) groups excluding carboxylic acids is 1. The number of fused-ring (bicyclic) bond motifs is 1. The van der Waals surface area contributed by atoms with Crippen molar-refractivity contribution in [3.8, 4) is 5.75 Å². The number of esters is 1. The maximum atomic E-state index is 12.2. The second-order valence-corrected chi connectivity index (χ2v) is 12.2. The Morgan fingerprint density at radius 2 is 1.94 bits per heavy atom. The second-order valence-electron chi connectivity index (χ2n) is 9.55. The van der Waals surface area contributed by atoms with Gasteiger partial charge in [0.05, 0.1) is 19.9 Å². The second kappa shape index (κ2) is 11.1. The van der Waals surface area contributed by atoms with Gasteiger partial charge < -0.3 is 14.4 Å². The molecule has 0 aliphatic carbocycles. The van der Waals surface area contributed by atoms with E-state index in [0.29, 0.717) is 5.75 Å². The van der Waals surface area contributed by atoms with E-state index in [1.54, 1.807) is 18.9 Å². The number of thioether (sulfide) groups is 2. The fourth-order valence-corrected chi connectivity index (χ4v) is 6.37. The minimum absolute atomic E-state index is 0.211. The van der Waals surface area contributed by atoms with E-state index in [2.05, 4.69) is 61.2 Å². The fraction of sp³-hybridized carbons (Fsp3) is 0.519. The summed E-state index contributed by atoms with van der Waals surface area (Å²) >= 11 is 3.53. The molecule has 1 atom stereocenters. The number of nitrogens with zero attached hydrogens (tertiary/aromatic N) is 1. The third-order valence-corrected chi connectivity index (χ3v) is 9.06. The van der Waals surface area contributed by atoms with Crippen LogP contribution in [-0.2, 0) is 15.3 Å². The van der Waals surface area contributed by atoms with Crippen LogP contribution < -0.4 is 9.64 Å². The number of methoxy groups -OCH3 is 2. The fourth-order valence-electron chi connectivity index (χ4n) is 4.14. The quantitative estimate of drug-likeness (QED) is 0.345. The predicted molar refractivity (Wildman–Crippen MR) is 142 cm³/mol. The van der Waals surface area contributed by atoms with E-state index >= 15 is 0 Å². The molecule has 0 amide bonds. The molecule has 33 heavy (non-hydrogen) atoms. The average Bonchev–Trinajstić information content (AvgIpc) is 2.97. The molecule has 1 heterocycles. The lowest BCUT2D eigenvalue weighted by molar-refractivity contribution is -0.142. The first-order chi connectivity index (χ1) is 15.7. The Morgan fingerprint density at radius 3 is 2.58 bits per heavy atom. The van der Waals surface area contributed by atoms with Crippen LogP contribution >= 0.6 is 23.5 Å². The van der Waals surface area contributed by atoms with Crippen LogP contribution in [0.4, 0.5) is 11.4 Å². The van der Waals surface area contributed by atoms with Crippen LogP contribution in [0.1, 0.15) is 52.5 Å². The SMILES string of the molecule is CCCCC1(C)CSc2cc(CSC(C)(C)C(=O)OC)c(OC)cc2N(c2ccccc2)C1. The van der Waals surface area contributed by atoms with Crippen molar-refractivity contribution >= 4 is 40.9 Å². The number of unbranched alkanes of at least 4 members (excludes halogenated alkanes) is 1. The summed E-state index contributed by atoms with van der Waals surface area (Å²) in [5.41, 5.74) is 3.73. The third kappa shape index (κ3) is 6.21. The van der Waals surface area contributed by atoms with Crippen LogP contribution in [0.5, 0.6) is 5.75 Å². The Balaban J connectivity index is 2.00. The van der Waals surface area contributed by atoms with Gasteiger partial charge in [0, 0.05) is 40.3 Å². The summed E-state index contributed by atoms with van der Waals surface area (Å²) in [6.07, 6.45) is 3.66. The number of para-hydroxylation sites is 1. The number of carbonyl (C=O) groups is 1. The zero-order chi connectivity index (χ0) is 24.1. The number of rotatable bonds is 9. The van der Waals surface area contributed by atoms with Crippen LogP contribution in [0.3, 0.4) is 0 Å². The molecule has 3 rings (SSSR count). The van der Waals surface area contributed by atoms with E-state index in [4.69, 9.17) is 9.47 Å². The average molecular weight is 488 g/mol. The molecule has 0 spiro atoms. The number of ether oxygens (including phenoxy) is 2. The molecule has 0 aromatic heterocycles. The summed E-state index contributed by atoms with van der Waals surface area (Å²) in [6.45, 7) is 9.48. The molecule has 1 unspecified atom stereocenters. The Bertz CT molecular complexity index is 948. The van der Waals surface area contributed by atoms with Crippen molar-refractivity contribution in [3.05, 3.63) is 48.0 Å². The molecule has 0 bridgehead atoms. The summed E-state index contributed by atoms with van der Waals surface area (Å²) in [6, 6.07) is 15.1. The van der Waals surface area contributed by atoms with Gasteiger partial charge in [0.2, 0.25) is 0 Å². The summed E-state index contributed by atoms with van der Waals surface area (Å²) in [4.78, 5) is 15.9. The van der Waals surface area contributed by atoms with Crippen LogP contribution in [0.15, 0.2) is 47.4 Å². The maximum absolute atomic E-state index is 12.2. The predicted octanol–water partition coefficient (Wildman–Crippen LogP) is 7.32. The van der Waals surface area contributed by atoms with Gasteiger partial charge in [-0.2, -0.15) is 0 Å². The third-order valence-electron chi connectivity index (χ3n) is 6.24. The highest BCUT2D eigenvalue weighted by Crippen LogP contribution is 2.47. The smallest absolute Gasteiger partial charge is 0.321 e. The molecule has 0 saturated heterocycles. The highest BCUT2D eigenvalue weighted by atomic mass is 32.2. The lowest BCUT2D eigenvalue weighted by Gasteiger charge is -2.34. The van der Waals surface area contributed by atoms with E-state index in [0.717, 1.165) is 23.6 Å². The van der Waals surface area contributed by atoms with Crippen LogP contribution in [0, 0.1) is 5.41 Å². The molecule has 1 aliphatic heterocycles. The molecule has 0 radical (unpaired) electrons. The van der Waals surface area contributed by atoms with Gasteiger partial charge in [-0.05, 0) is 43.9 Å². The minimum atomic E-state index is -0.617. The highest BCUT2D eigenvalue weighted by molar-refractivity contribution is 8.00. The van der Waals surface area contributed by atoms with Crippen molar-refractivity contribution in [1.82, 2.24) is 0 Å². The van der Waals surface area contributed by atoms with Crippen molar-refractivity contribution in [3.63, 3.8) is 0 Å². The van der Waals surface area contributed by atoms with Crippen LogP contribution in [-0.4, -0.2) is 37.2 Å². The maximum Gasteiger partial charge on any atom is 0.321 e. The monoisotopic (exact) mass is 487 g/mol. The van der Waals surface area contributed by atoms with E-state index in [1.165, 1.54) is 42.6 Å². The molecule has 2 aromatic rings. The van der Waals surface area contributed by atoms with E-state index in [-0.39, 0.29) is 11.4 Å². The summed E-state index contributed by atoms with van der Waals surface area (Å²) < 4.78 is 10.2. The van der Waals surface area contributed by atoms with Crippen molar-refractivity contribution in [1.29, 1.82) is 0 Å². The molecular weight excluding hydrogens is 450 g/mol. The molecule has 180 valence electrons. The van der Waals surface area contributed by atoms with Crippen molar-refractivity contribution < 1.29 is 14.3 Å². The van der Waals surface area contributed by atoms with Gasteiger partial charge in [-0.3, -0.25) is 4.79 Å². The van der Waals surface area contributed by atoms with E-state index < -0.39 is 4.75 Å². The lowest BCUT2D eigenvalue weighted by Crippen LogP contribution is -2.33. The first-order valence-corrected chi connectivity index (χ1v) is 13.6. The summed E-state index contributed by atoms with van der Waals surface area (Å²) in [7, 11) is 3.17. The van der Waals surface area contributed by atoms with Crippen molar-refractivity contribution in [2.45, 2.75) is 62.4 Å². The van der Waals surface area contributed by atoms with Crippen molar-refractivity contribution in [2.24, 2.45) is 5.41 Å². The Kier molecular flexibility index (Phi) is 8.68. The largest absolute Gasteiger partial charge is 0.496 e. The normalized spacial score (nSPS) is 18.4. The Labute approximate surface area is 207 Å². The molecule has 1 aliphatic rings. The van der Waals surface area contributed by atoms with Crippen LogP contribution in [0.2, 0.25) is 0 Å². The molecule has 0 saturated carbocycles. The first-order valence-electron chi connectivity index (χ1n) is 11.6.